The maximum atomic E-state index is 13.5. The molecule has 1 aromatic carbocycles. The number of nitrogens with one attached hydrogen (secondary N) is 1. The van der Waals surface area contributed by atoms with Crippen molar-refractivity contribution in [2.75, 3.05) is 5.32 Å². The Morgan fingerprint density at radius 3 is 2.60 bits per heavy atom. The van der Waals surface area contributed by atoms with Gasteiger partial charge in [0.1, 0.15) is 4.90 Å². The summed E-state index contributed by atoms with van der Waals surface area (Å²) < 4.78 is 51.9. The number of para-hydroxylation sites is 1. The predicted octanol–water partition coefficient (Wildman–Crippen LogP) is 2.44. The standard InChI is InChI=1S/C18H20F2N6O3S/c1-18(2,27)10-26-9-11(7-23-26)15-12(16(19)20)8-22-17(25-15)24-13-5-3-4-6-14(13)30(21,28)29/h3-9,16,27H,10H2,1-2H3,(H2,21,28,29)(H,22,24,25). The molecule has 4 N–H and O–H groups in total. The highest BCUT2D eigenvalue weighted by Crippen LogP contribution is 2.31. The van der Waals surface area contributed by atoms with Gasteiger partial charge in [-0.1, -0.05) is 12.1 Å². The van der Waals surface area contributed by atoms with Crippen molar-refractivity contribution >= 4 is 21.7 Å². The number of nitrogens with zero attached hydrogens (tertiary/aromatic N) is 4. The van der Waals surface area contributed by atoms with Crippen LogP contribution in [0.15, 0.2) is 47.8 Å². The van der Waals surface area contributed by atoms with Gasteiger partial charge in [-0.3, -0.25) is 4.68 Å². The van der Waals surface area contributed by atoms with Gasteiger partial charge < -0.3 is 10.4 Å². The van der Waals surface area contributed by atoms with Gasteiger partial charge in [-0.2, -0.15) is 5.10 Å². The quantitative estimate of drug-likeness (QED) is 0.515. The Hall–Kier alpha value is -2.96. The van der Waals surface area contributed by atoms with E-state index in [4.69, 9.17) is 5.14 Å². The molecule has 0 fully saturated rings. The molecule has 160 valence electrons. The van der Waals surface area contributed by atoms with Crippen LogP contribution in [-0.2, 0) is 16.6 Å². The third-order valence-electron chi connectivity index (χ3n) is 3.95. The van der Waals surface area contributed by atoms with Crippen molar-refractivity contribution in [2.24, 2.45) is 5.14 Å². The van der Waals surface area contributed by atoms with Gasteiger partial charge in [-0.15, -0.1) is 0 Å². The van der Waals surface area contributed by atoms with Crippen LogP contribution in [0.2, 0.25) is 0 Å². The second kappa shape index (κ2) is 8.05. The van der Waals surface area contributed by atoms with Crippen LogP contribution in [0.1, 0.15) is 25.8 Å². The zero-order valence-electron chi connectivity index (χ0n) is 16.1. The molecule has 30 heavy (non-hydrogen) atoms. The molecule has 0 saturated heterocycles. The maximum absolute atomic E-state index is 13.5. The summed E-state index contributed by atoms with van der Waals surface area (Å²) in [4.78, 5) is 7.82. The largest absolute Gasteiger partial charge is 0.389 e. The number of aliphatic hydroxyl groups is 1. The summed E-state index contributed by atoms with van der Waals surface area (Å²) in [6, 6.07) is 5.82. The van der Waals surface area contributed by atoms with Crippen molar-refractivity contribution in [3.8, 4) is 11.3 Å². The van der Waals surface area contributed by atoms with Gasteiger partial charge in [0, 0.05) is 18.0 Å². The van der Waals surface area contributed by atoms with Gasteiger partial charge in [0.05, 0.1) is 35.3 Å². The first-order chi connectivity index (χ1) is 13.9. The number of alkyl halides is 2. The zero-order valence-corrected chi connectivity index (χ0v) is 16.9. The zero-order chi connectivity index (χ0) is 22.1. The minimum Gasteiger partial charge on any atom is -0.389 e. The first-order valence-corrected chi connectivity index (χ1v) is 10.3. The topological polar surface area (TPSA) is 136 Å². The number of sulfonamides is 1. The summed E-state index contributed by atoms with van der Waals surface area (Å²) in [5.74, 6) is -0.0965. The Morgan fingerprint density at radius 1 is 1.27 bits per heavy atom. The average Bonchev–Trinajstić information content (AvgIpc) is 3.07. The highest BCUT2D eigenvalue weighted by Gasteiger charge is 2.21. The van der Waals surface area contributed by atoms with Gasteiger partial charge >= 0.3 is 0 Å². The molecule has 3 rings (SSSR count). The Balaban J connectivity index is 2.01. The fraction of sp³-hybridized carbons (Fsp3) is 0.278. The predicted molar refractivity (Wildman–Crippen MR) is 106 cm³/mol. The van der Waals surface area contributed by atoms with Gasteiger partial charge in [0.15, 0.2) is 0 Å². The molecule has 12 heteroatoms. The molecule has 0 amide bonds. The SMILES string of the molecule is CC(C)(O)Cn1cc(-c2nc(Nc3ccccc3S(N)(=O)=O)ncc2C(F)F)cn1. The maximum Gasteiger partial charge on any atom is 0.267 e. The monoisotopic (exact) mass is 438 g/mol. The minimum absolute atomic E-state index is 0.0717. The average molecular weight is 438 g/mol. The van der Waals surface area contributed by atoms with Gasteiger partial charge in [0.2, 0.25) is 16.0 Å². The van der Waals surface area contributed by atoms with Crippen molar-refractivity contribution in [1.82, 2.24) is 19.7 Å². The summed E-state index contributed by atoms with van der Waals surface area (Å²) in [6.45, 7) is 3.33. The smallest absolute Gasteiger partial charge is 0.267 e. The summed E-state index contributed by atoms with van der Waals surface area (Å²) in [5.41, 5.74) is -1.14. The van der Waals surface area contributed by atoms with E-state index in [1.54, 1.807) is 19.9 Å². The molecule has 2 aromatic heterocycles. The van der Waals surface area contributed by atoms with Crippen LogP contribution in [0.4, 0.5) is 20.4 Å². The number of anilines is 2. The fourth-order valence-electron chi connectivity index (χ4n) is 2.75. The summed E-state index contributed by atoms with van der Waals surface area (Å²) >= 11 is 0. The molecule has 0 aliphatic heterocycles. The summed E-state index contributed by atoms with van der Waals surface area (Å²) in [6.07, 6.45) is 0.946. The van der Waals surface area contributed by atoms with E-state index in [0.717, 1.165) is 6.20 Å². The summed E-state index contributed by atoms with van der Waals surface area (Å²) in [7, 11) is -4.03. The Morgan fingerprint density at radius 2 is 1.97 bits per heavy atom. The van der Waals surface area contributed by atoms with E-state index in [0.29, 0.717) is 5.56 Å². The third-order valence-corrected chi connectivity index (χ3v) is 4.92. The van der Waals surface area contributed by atoms with E-state index in [2.05, 4.69) is 20.4 Å². The molecule has 0 aliphatic carbocycles. The van der Waals surface area contributed by atoms with Crippen molar-refractivity contribution in [2.45, 2.75) is 37.3 Å². The van der Waals surface area contributed by atoms with Gasteiger partial charge in [-0.05, 0) is 26.0 Å². The van der Waals surface area contributed by atoms with Crippen LogP contribution in [0.25, 0.3) is 11.3 Å². The van der Waals surface area contributed by atoms with Crippen molar-refractivity contribution in [3.05, 3.63) is 48.4 Å². The lowest BCUT2D eigenvalue weighted by molar-refractivity contribution is 0.0577. The molecule has 0 spiro atoms. The Labute approximate surface area is 171 Å². The molecule has 0 saturated carbocycles. The van der Waals surface area contributed by atoms with Crippen molar-refractivity contribution < 1.29 is 22.3 Å². The van der Waals surface area contributed by atoms with Crippen LogP contribution in [0.3, 0.4) is 0 Å². The van der Waals surface area contributed by atoms with E-state index in [-0.39, 0.29) is 28.8 Å². The van der Waals surface area contributed by atoms with Crippen LogP contribution in [0, 0.1) is 0 Å². The number of benzene rings is 1. The van der Waals surface area contributed by atoms with E-state index < -0.39 is 27.6 Å². The second-order valence-corrected chi connectivity index (χ2v) is 8.73. The number of halogens is 2. The van der Waals surface area contributed by atoms with Crippen LogP contribution < -0.4 is 10.5 Å². The first-order valence-electron chi connectivity index (χ1n) is 8.73. The van der Waals surface area contributed by atoms with E-state index in [1.165, 1.54) is 35.3 Å². The molecule has 0 bridgehead atoms. The fourth-order valence-corrected chi connectivity index (χ4v) is 3.44. The molecule has 0 atom stereocenters. The lowest BCUT2D eigenvalue weighted by Gasteiger charge is -2.16. The van der Waals surface area contributed by atoms with Crippen LogP contribution in [0.5, 0.6) is 0 Å². The molecular formula is C18H20F2N6O3S. The highest BCUT2D eigenvalue weighted by atomic mass is 32.2. The molecule has 0 radical (unpaired) electrons. The molecule has 9 nitrogen and oxygen atoms in total. The van der Waals surface area contributed by atoms with E-state index in [9.17, 15) is 22.3 Å². The molecular weight excluding hydrogens is 418 g/mol. The number of nitrogens with two attached hydrogens (primary N) is 1. The van der Waals surface area contributed by atoms with E-state index >= 15 is 0 Å². The number of rotatable bonds is 7. The van der Waals surface area contributed by atoms with E-state index in [1.807, 2.05) is 0 Å². The lowest BCUT2D eigenvalue weighted by Crippen LogP contribution is -2.26. The number of hydrogen-bond acceptors (Lipinski definition) is 7. The van der Waals surface area contributed by atoms with Gasteiger partial charge in [0.25, 0.3) is 6.43 Å². The molecule has 0 aliphatic rings. The molecule has 3 aromatic rings. The Kier molecular flexibility index (Phi) is 5.83. The molecule has 0 unspecified atom stereocenters. The lowest BCUT2D eigenvalue weighted by atomic mass is 10.1. The molecule has 2 heterocycles. The first kappa shape index (κ1) is 21.7. The minimum atomic E-state index is -4.03. The van der Waals surface area contributed by atoms with Gasteiger partial charge in [-0.25, -0.2) is 32.3 Å². The van der Waals surface area contributed by atoms with Crippen LogP contribution in [-0.4, -0.2) is 38.9 Å². The van der Waals surface area contributed by atoms with Crippen molar-refractivity contribution in [3.63, 3.8) is 0 Å². The second-order valence-electron chi connectivity index (χ2n) is 7.20. The highest BCUT2D eigenvalue weighted by molar-refractivity contribution is 7.89. The Bertz CT molecular complexity index is 1160. The normalized spacial score (nSPS) is 12.4. The van der Waals surface area contributed by atoms with Crippen LogP contribution >= 0.6 is 0 Å². The number of hydrogen-bond donors (Lipinski definition) is 3. The number of primary sulfonamides is 1. The van der Waals surface area contributed by atoms with Crippen molar-refractivity contribution in [1.29, 1.82) is 0 Å². The third kappa shape index (κ3) is 5.14. The summed E-state index contributed by atoms with van der Waals surface area (Å²) in [5, 5.41) is 21.9. The number of aromatic nitrogens is 4.